The molecule has 3 heterocycles. The Morgan fingerprint density at radius 3 is 2.72 bits per heavy atom. The number of nitrogens with zero attached hydrogens (tertiary/aromatic N) is 5. The Hall–Kier alpha value is -3.67. The molecule has 0 aliphatic carbocycles. The molecule has 0 aliphatic heterocycles. The highest BCUT2D eigenvalue weighted by Gasteiger charge is 2.15. The van der Waals surface area contributed by atoms with E-state index < -0.39 is 5.97 Å². The van der Waals surface area contributed by atoms with Gasteiger partial charge in [0.2, 0.25) is 5.95 Å². The number of carboxylic acids is 1. The first-order chi connectivity index (χ1) is 15.4. The molecule has 8 nitrogen and oxygen atoms in total. The molecule has 0 atom stereocenters. The van der Waals surface area contributed by atoms with E-state index in [1.54, 1.807) is 40.9 Å². The smallest absolute Gasteiger partial charge is 0.356 e. The standard InChI is InChI=1S/C22H16Cl2N6O2/c23-14-4-6-16(17(24)8-14)18-9-20-28-19(21(31)32)12-30(20)22(29-18)26-7-1-2-15-5-3-13(10-25)11-27-15/h3-6,8-9,11-12H,1-2,7H2,(H,26,29)(H,31,32). The van der Waals surface area contributed by atoms with Crippen LogP contribution in [0.3, 0.4) is 0 Å². The SMILES string of the molecule is N#Cc1ccc(CCCNc2nc(-c3ccc(Cl)cc3Cl)cc3nc(C(=O)O)cn23)nc1. The van der Waals surface area contributed by atoms with Crippen molar-refractivity contribution in [3.63, 3.8) is 0 Å². The predicted octanol–water partition coefficient (Wildman–Crippen LogP) is 4.71. The Morgan fingerprint density at radius 2 is 2.03 bits per heavy atom. The van der Waals surface area contributed by atoms with Crippen LogP contribution in [0, 0.1) is 11.3 Å². The predicted molar refractivity (Wildman–Crippen MR) is 121 cm³/mol. The first-order valence-corrected chi connectivity index (χ1v) is 10.4. The fraction of sp³-hybridized carbons (Fsp3) is 0.136. The third kappa shape index (κ3) is 4.64. The van der Waals surface area contributed by atoms with E-state index in [9.17, 15) is 9.90 Å². The quantitative estimate of drug-likeness (QED) is 0.378. The van der Waals surface area contributed by atoms with Gasteiger partial charge in [-0.15, -0.1) is 0 Å². The van der Waals surface area contributed by atoms with Crippen molar-refractivity contribution in [2.45, 2.75) is 12.8 Å². The number of imidazole rings is 1. The molecule has 3 aromatic heterocycles. The molecule has 2 N–H and O–H groups in total. The minimum atomic E-state index is -1.13. The van der Waals surface area contributed by atoms with Crippen LogP contribution in [0.25, 0.3) is 16.9 Å². The maximum absolute atomic E-state index is 11.4. The van der Waals surface area contributed by atoms with Gasteiger partial charge in [-0.05, 0) is 43.2 Å². The molecule has 0 saturated heterocycles. The molecule has 0 fully saturated rings. The number of nitrogens with one attached hydrogen (secondary N) is 1. The molecule has 0 aliphatic rings. The molecule has 32 heavy (non-hydrogen) atoms. The average Bonchev–Trinajstić information content (AvgIpc) is 3.22. The Kier molecular flexibility index (Phi) is 6.21. The minimum absolute atomic E-state index is 0.0871. The van der Waals surface area contributed by atoms with Gasteiger partial charge in [0.1, 0.15) is 11.7 Å². The number of halogens is 2. The van der Waals surface area contributed by atoms with Gasteiger partial charge in [0.25, 0.3) is 0 Å². The molecule has 4 rings (SSSR count). The van der Waals surface area contributed by atoms with E-state index >= 15 is 0 Å². The molecule has 0 bridgehead atoms. The Bertz CT molecular complexity index is 1350. The van der Waals surface area contributed by atoms with E-state index in [0.29, 0.717) is 51.4 Å². The summed E-state index contributed by atoms with van der Waals surface area (Å²) in [5, 5.41) is 22.4. The molecule has 160 valence electrons. The number of aromatic nitrogens is 4. The van der Waals surface area contributed by atoms with Gasteiger partial charge in [-0.1, -0.05) is 23.2 Å². The summed E-state index contributed by atoms with van der Waals surface area (Å²) in [6.45, 7) is 0.558. The number of fused-ring (bicyclic) bond motifs is 1. The zero-order valence-corrected chi connectivity index (χ0v) is 18.1. The molecule has 0 radical (unpaired) electrons. The van der Waals surface area contributed by atoms with E-state index in [2.05, 4.69) is 20.3 Å². The average molecular weight is 467 g/mol. The second kappa shape index (κ2) is 9.22. The van der Waals surface area contributed by atoms with Crippen LogP contribution in [0.2, 0.25) is 10.0 Å². The lowest BCUT2D eigenvalue weighted by Gasteiger charge is -2.11. The zero-order valence-electron chi connectivity index (χ0n) is 16.6. The number of pyridine rings is 1. The van der Waals surface area contributed by atoms with Crippen LogP contribution in [0.4, 0.5) is 5.95 Å². The maximum Gasteiger partial charge on any atom is 0.356 e. The largest absolute Gasteiger partial charge is 0.476 e. The van der Waals surface area contributed by atoms with Gasteiger partial charge < -0.3 is 10.4 Å². The molecular formula is C22H16Cl2N6O2. The minimum Gasteiger partial charge on any atom is -0.476 e. The Balaban J connectivity index is 1.59. The lowest BCUT2D eigenvalue weighted by Crippen LogP contribution is -2.09. The number of carboxylic acid groups (broad SMARTS) is 1. The van der Waals surface area contributed by atoms with Gasteiger partial charge in [0.15, 0.2) is 5.69 Å². The van der Waals surface area contributed by atoms with E-state index in [0.717, 1.165) is 12.1 Å². The number of carbonyl (C=O) groups is 1. The van der Waals surface area contributed by atoms with Crippen molar-refractivity contribution in [2.75, 3.05) is 11.9 Å². The fourth-order valence-corrected chi connectivity index (χ4v) is 3.66. The summed E-state index contributed by atoms with van der Waals surface area (Å²) in [7, 11) is 0. The van der Waals surface area contributed by atoms with Gasteiger partial charge in [-0.25, -0.2) is 14.8 Å². The lowest BCUT2D eigenvalue weighted by atomic mass is 10.1. The van der Waals surface area contributed by atoms with Crippen molar-refractivity contribution in [3.8, 4) is 17.3 Å². The van der Waals surface area contributed by atoms with E-state index in [1.165, 1.54) is 6.20 Å². The molecule has 0 saturated carbocycles. The Morgan fingerprint density at radius 1 is 1.19 bits per heavy atom. The monoisotopic (exact) mass is 466 g/mol. The van der Waals surface area contributed by atoms with Gasteiger partial charge in [-0.2, -0.15) is 5.26 Å². The van der Waals surface area contributed by atoms with Gasteiger partial charge in [0.05, 0.1) is 16.3 Å². The van der Waals surface area contributed by atoms with Crippen LogP contribution < -0.4 is 5.32 Å². The summed E-state index contributed by atoms with van der Waals surface area (Å²) in [6.07, 6.45) is 4.41. The van der Waals surface area contributed by atoms with Crippen molar-refractivity contribution < 1.29 is 9.90 Å². The molecule has 10 heteroatoms. The van der Waals surface area contributed by atoms with Gasteiger partial charge in [0, 0.05) is 41.3 Å². The first-order valence-electron chi connectivity index (χ1n) is 9.62. The number of anilines is 1. The Labute approximate surface area is 193 Å². The number of hydrogen-bond donors (Lipinski definition) is 2. The highest BCUT2D eigenvalue weighted by Crippen LogP contribution is 2.31. The summed E-state index contributed by atoms with van der Waals surface area (Å²) < 4.78 is 1.59. The topological polar surface area (TPSA) is 116 Å². The van der Waals surface area contributed by atoms with Crippen LogP contribution >= 0.6 is 23.2 Å². The summed E-state index contributed by atoms with van der Waals surface area (Å²) in [6, 6.07) is 12.4. The van der Waals surface area contributed by atoms with Crippen LogP contribution in [0.5, 0.6) is 0 Å². The van der Waals surface area contributed by atoms with Crippen LogP contribution in [0.1, 0.15) is 28.2 Å². The zero-order chi connectivity index (χ0) is 22.7. The highest BCUT2D eigenvalue weighted by molar-refractivity contribution is 6.36. The van der Waals surface area contributed by atoms with Crippen molar-refractivity contribution in [1.82, 2.24) is 19.4 Å². The van der Waals surface area contributed by atoms with Gasteiger partial charge in [-0.3, -0.25) is 9.38 Å². The molecule has 0 spiro atoms. The number of aryl methyl sites for hydroxylation is 1. The van der Waals surface area contributed by atoms with Crippen LogP contribution in [-0.2, 0) is 6.42 Å². The number of benzene rings is 1. The number of hydrogen-bond acceptors (Lipinski definition) is 6. The number of rotatable bonds is 7. The second-order valence-electron chi connectivity index (χ2n) is 6.93. The van der Waals surface area contributed by atoms with Gasteiger partial charge >= 0.3 is 5.97 Å². The van der Waals surface area contributed by atoms with E-state index in [4.69, 9.17) is 28.5 Å². The molecule has 1 aromatic carbocycles. The third-order valence-electron chi connectivity index (χ3n) is 4.73. The number of nitriles is 1. The summed E-state index contributed by atoms with van der Waals surface area (Å²) >= 11 is 12.3. The summed E-state index contributed by atoms with van der Waals surface area (Å²) in [5.74, 6) is -0.686. The first kappa shape index (κ1) is 21.6. The molecule has 0 unspecified atom stereocenters. The third-order valence-corrected chi connectivity index (χ3v) is 5.27. The van der Waals surface area contributed by atoms with Crippen molar-refractivity contribution in [1.29, 1.82) is 5.26 Å². The fourth-order valence-electron chi connectivity index (χ4n) is 3.16. The normalized spacial score (nSPS) is 10.8. The lowest BCUT2D eigenvalue weighted by molar-refractivity contribution is 0.0691. The maximum atomic E-state index is 11.4. The molecule has 4 aromatic rings. The molecular weight excluding hydrogens is 451 g/mol. The van der Waals surface area contributed by atoms with Crippen LogP contribution in [-0.4, -0.2) is 37.0 Å². The van der Waals surface area contributed by atoms with Crippen LogP contribution in [0.15, 0.2) is 48.8 Å². The summed E-state index contributed by atoms with van der Waals surface area (Å²) in [4.78, 5) is 24.5. The second-order valence-corrected chi connectivity index (χ2v) is 7.77. The summed E-state index contributed by atoms with van der Waals surface area (Å²) in [5.41, 5.74) is 2.93. The van der Waals surface area contributed by atoms with Crippen molar-refractivity contribution in [3.05, 3.63) is 75.8 Å². The van der Waals surface area contributed by atoms with E-state index in [-0.39, 0.29) is 5.69 Å². The van der Waals surface area contributed by atoms with E-state index in [1.807, 2.05) is 12.1 Å². The van der Waals surface area contributed by atoms with Crippen molar-refractivity contribution >= 4 is 40.8 Å². The highest BCUT2D eigenvalue weighted by atomic mass is 35.5. The number of aromatic carboxylic acids is 1. The van der Waals surface area contributed by atoms with Crippen molar-refractivity contribution in [2.24, 2.45) is 0 Å². The molecule has 0 amide bonds.